The van der Waals surface area contributed by atoms with Crippen molar-refractivity contribution in [3.63, 3.8) is 0 Å². The molecule has 0 aliphatic carbocycles. The number of hydrogen-bond donors (Lipinski definition) is 1. The summed E-state index contributed by atoms with van der Waals surface area (Å²) in [5.41, 5.74) is 1.11. The van der Waals surface area contributed by atoms with E-state index < -0.39 is 0 Å². The van der Waals surface area contributed by atoms with Crippen LogP contribution < -0.4 is 5.56 Å². The molecule has 1 atom stereocenters. The Morgan fingerprint density at radius 1 is 1.40 bits per heavy atom. The number of aromatic nitrogens is 1. The molecule has 0 radical (unpaired) electrons. The quantitative estimate of drug-likeness (QED) is 0.852. The molecule has 0 saturated carbocycles. The van der Waals surface area contributed by atoms with E-state index in [1.807, 2.05) is 42.2 Å². The standard InChI is InChI=1S/C20H24N2O3/c1-2-25-14-15-6-5-11-22(13-15)19(23)10-9-17-12-16-7-3-4-8-18(16)21-20(17)24/h3-4,7-10,12,15H,2,5-6,11,13-14H2,1H3,(H,21,24)/b10-9+. The Kier molecular flexibility index (Phi) is 5.66. The summed E-state index contributed by atoms with van der Waals surface area (Å²) >= 11 is 0. The molecule has 1 aliphatic rings. The van der Waals surface area contributed by atoms with Gasteiger partial charge in [-0.15, -0.1) is 0 Å². The first kappa shape index (κ1) is 17.4. The van der Waals surface area contributed by atoms with Crippen LogP contribution in [0.3, 0.4) is 0 Å². The molecule has 1 N–H and O–H groups in total. The Morgan fingerprint density at radius 2 is 2.24 bits per heavy atom. The van der Waals surface area contributed by atoms with Gasteiger partial charge in [0.2, 0.25) is 5.91 Å². The number of carbonyl (C=O) groups is 1. The van der Waals surface area contributed by atoms with Crippen molar-refractivity contribution in [1.29, 1.82) is 0 Å². The predicted octanol–water partition coefficient (Wildman–Crippen LogP) is 2.82. The first-order valence-corrected chi connectivity index (χ1v) is 8.84. The Labute approximate surface area is 147 Å². The maximum absolute atomic E-state index is 12.5. The van der Waals surface area contributed by atoms with Crippen LogP contribution in [-0.4, -0.2) is 42.1 Å². The number of likely N-dealkylation sites (tertiary alicyclic amines) is 1. The fraction of sp³-hybridized carbons (Fsp3) is 0.400. The Balaban J connectivity index is 1.70. The van der Waals surface area contributed by atoms with E-state index in [9.17, 15) is 9.59 Å². The molecule has 2 heterocycles. The van der Waals surface area contributed by atoms with E-state index in [2.05, 4.69) is 4.98 Å². The van der Waals surface area contributed by atoms with Crippen molar-refractivity contribution >= 4 is 22.9 Å². The summed E-state index contributed by atoms with van der Waals surface area (Å²) in [5.74, 6) is 0.351. The highest BCUT2D eigenvalue weighted by atomic mass is 16.5. The highest BCUT2D eigenvalue weighted by Gasteiger charge is 2.22. The van der Waals surface area contributed by atoms with E-state index >= 15 is 0 Å². The Morgan fingerprint density at radius 3 is 3.08 bits per heavy atom. The molecular formula is C20H24N2O3. The summed E-state index contributed by atoms with van der Waals surface area (Å²) in [5, 5.41) is 0.948. The third-order valence-corrected chi connectivity index (χ3v) is 4.58. The van der Waals surface area contributed by atoms with Crippen molar-refractivity contribution in [2.24, 2.45) is 5.92 Å². The summed E-state index contributed by atoms with van der Waals surface area (Å²) in [4.78, 5) is 29.3. The number of carbonyl (C=O) groups excluding carboxylic acids is 1. The second kappa shape index (κ2) is 8.12. The number of H-pyrrole nitrogens is 1. The average molecular weight is 340 g/mol. The van der Waals surface area contributed by atoms with E-state index in [4.69, 9.17) is 4.74 Å². The maximum Gasteiger partial charge on any atom is 0.255 e. The van der Waals surface area contributed by atoms with Crippen LogP contribution in [0.15, 0.2) is 41.2 Å². The molecule has 0 spiro atoms. The summed E-state index contributed by atoms with van der Waals surface area (Å²) in [7, 11) is 0. The molecule has 5 nitrogen and oxygen atoms in total. The van der Waals surface area contributed by atoms with Crippen molar-refractivity contribution in [3.8, 4) is 0 Å². The molecule has 1 aromatic carbocycles. The number of pyridine rings is 1. The SMILES string of the molecule is CCOCC1CCCN(C(=O)/C=C/c2cc3ccccc3[nH]c2=O)C1. The van der Waals surface area contributed by atoms with Gasteiger partial charge >= 0.3 is 0 Å². The number of ether oxygens (including phenoxy) is 1. The minimum Gasteiger partial charge on any atom is -0.381 e. The van der Waals surface area contributed by atoms with E-state index in [1.54, 1.807) is 6.08 Å². The number of rotatable bonds is 5. The average Bonchev–Trinajstić information content (AvgIpc) is 2.64. The van der Waals surface area contributed by atoms with Gasteiger partial charge in [0.15, 0.2) is 0 Å². The van der Waals surface area contributed by atoms with Gasteiger partial charge in [0.05, 0.1) is 6.61 Å². The molecule has 1 aliphatic heterocycles. The van der Waals surface area contributed by atoms with Gasteiger partial charge in [0.25, 0.3) is 5.56 Å². The van der Waals surface area contributed by atoms with E-state index in [-0.39, 0.29) is 11.5 Å². The van der Waals surface area contributed by atoms with E-state index in [0.717, 1.165) is 36.8 Å². The lowest BCUT2D eigenvalue weighted by Crippen LogP contribution is -2.40. The molecule has 1 amide bonds. The van der Waals surface area contributed by atoms with Crippen molar-refractivity contribution in [2.75, 3.05) is 26.3 Å². The number of aromatic amines is 1. The van der Waals surface area contributed by atoms with E-state index in [0.29, 0.717) is 24.7 Å². The van der Waals surface area contributed by atoms with Gasteiger partial charge in [-0.05, 0) is 49.3 Å². The lowest BCUT2D eigenvalue weighted by atomic mass is 9.99. The summed E-state index contributed by atoms with van der Waals surface area (Å²) < 4.78 is 5.49. The van der Waals surface area contributed by atoms with Gasteiger partial charge in [-0.2, -0.15) is 0 Å². The lowest BCUT2D eigenvalue weighted by Gasteiger charge is -2.31. The van der Waals surface area contributed by atoms with Crippen LogP contribution in [0.2, 0.25) is 0 Å². The largest absolute Gasteiger partial charge is 0.381 e. The monoisotopic (exact) mass is 340 g/mol. The van der Waals surface area contributed by atoms with Crippen molar-refractivity contribution < 1.29 is 9.53 Å². The van der Waals surface area contributed by atoms with Crippen molar-refractivity contribution in [1.82, 2.24) is 9.88 Å². The van der Waals surface area contributed by atoms with Gasteiger partial charge in [-0.1, -0.05) is 18.2 Å². The summed E-state index contributed by atoms with van der Waals surface area (Å²) in [6, 6.07) is 9.42. The zero-order valence-electron chi connectivity index (χ0n) is 14.5. The van der Waals surface area contributed by atoms with Gasteiger partial charge in [0, 0.05) is 36.9 Å². The highest BCUT2D eigenvalue weighted by Crippen LogP contribution is 2.17. The number of nitrogens with one attached hydrogen (secondary N) is 1. The van der Waals surface area contributed by atoms with Crippen molar-refractivity contribution in [3.05, 3.63) is 52.3 Å². The van der Waals surface area contributed by atoms with Crippen LogP contribution in [0.4, 0.5) is 0 Å². The smallest absolute Gasteiger partial charge is 0.255 e. The molecular weight excluding hydrogens is 316 g/mol. The second-order valence-corrected chi connectivity index (χ2v) is 6.43. The molecule has 25 heavy (non-hydrogen) atoms. The predicted molar refractivity (Wildman–Crippen MR) is 99.4 cm³/mol. The van der Waals surface area contributed by atoms with Gasteiger partial charge < -0.3 is 14.6 Å². The van der Waals surface area contributed by atoms with Crippen LogP contribution in [0.1, 0.15) is 25.3 Å². The van der Waals surface area contributed by atoms with Crippen LogP contribution >= 0.6 is 0 Å². The first-order chi connectivity index (χ1) is 12.2. The van der Waals surface area contributed by atoms with E-state index in [1.165, 1.54) is 6.08 Å². The van der Waals surface area contributed by atoms with Crippen LogP contribution in [0, 0.1) is 5.92 Å². The van der Waals surface area contributed by atoms with Gasteiger partial charge in [0.1, 0.15) is 0 Å². The zero-order valence-corrected chi connectivity index (χ0v) is 14.5. The van der Waals surface area contributed by atoms with Gasteiger partial charge in [-0.25, -0.2) is 0 Å². The van der Waals surface area contributed by atoms with Crippen LogP contribution in [-0.2, 0) is 9.53 Å². The zero-order chi connectivity index (χ0) is 17.6. The number of amides is 1. The fourth-order valence-electron chi connectivity index (χ4n) is 3.24. The maximum atomic E-state index is 12.5. The minimum atomic E-state index is -0.185. The molecule has 1 aromatic heterocycles. The number of hydrogen-bond acceptors (Lipinski definition) is 3. The van der Waals surface area contributed by atoms with Gasteiger partial charge in [-0.3, -0.25) is 9.59 Å². The third-order valence-electron chi connectivity index (χ3n) is 4.58. The van der Waals surface area contributed by atoms with Crippen molar-refractivity contribution in [2.45, 2.75) is 19.8 Å². The fourth-order valence-corrected chi connectivity index (χ4v) is 3.24. The van der Waals surface area contributed by atoms with Crippen LogP contribution in [0.5, 0.6) is 0 Å². The normalized spacial score (nSPS) is 18.1. The third kappa shape index (κ3) is 4.37. The van der Waals surface area contributed by atoms with Crippen LogP contribution in [0.25, 0.3) is 17.0 Å². The highest BCUT2D eigenvalue weighted by molar-refractivity contribution is 5.92. The summed E-state index contributed by atoms with van der Waals surface area (Å²) in [6.45, 7) is 4.87. The molecule has 1 saturated heterocycles. The first-order valence-electron chi connectivity index (χ1n) is 8.84. The number of piperidine rings is 1. The summed E-state index contributed by atoms with van der Waals surface area (Å²) in [6.07, 6.45) is 5.20. The molecule has 0 bridgehead atoms. The lowest BCUT2D eigenvalue weighted by molar-refractivity contribution is -0.128. The number of fused-ring (bicyclic) bond motifs is 1. The molecule has 2 aromatic rings. The Bertz CT molecular complexity index is 825. The topological polar surface area (TPSA) is 62.4 Å². The minimum absolute atomic E-state index is 0.0474. The molecule has 3 rings (SSSR count). The molecule has 1 fully saturated rings. The molecule has 5 heteroatoms. The molecule has 1 unspecified atom stereocenters. The Hall–Kier alpha value is -2.40. The number of para-hydroxylation sites is 1. The second-order valence-electron chi connectivity index (χ2n) is 6.43. The number of benzene rings is 1. The number of nitrogens with zero attached hydrogens (tertiary/aromatic N) is 1. The molecule has 132 valence electrons.